The van der Waals surface area contributed by atoms with Crippen molar-refractivity contribution in [1.29, 1.82) is 0 Å². The number of carbonyl (C=O) groups is 3. The number of amides is 2. The number of hydrogen-bond acceptors (Lipinski definition) is 4. The Kier molecular flexibility index (Phi) is 6.34. The van der Waals surface area contributed by atoms with E-state index in [2.05, 4.69) is 0 Å². The topological polar surface area (TPSA) is 87.2 Å². The lowest BCUT2D eigenvalue weighted by Gasteiger charge is -2.32. The van der Waals surface area contributed by atoms with Crippen LogP contribution in [0.1, 0.15) is 60.2 Å². The zero-order chi connectivity index (χ0) is 24.6. The summed E-state index contributed by atoms with van der Waals surface area (Å²) in [6.07, 6.45) is 0.735. The van der Waals surface area contributed by atoms with E-state index in [0.717, 1.165) is 16.7 Å². The van der Waals surface area contributed by atoms with E-state index < -0.39 is 17.7 Å². The highest BCUT2D eigenvalue weighted by molar-refractivity contribution is 5.88. The van der Waals surface area contributed by atoms with Gasteiger partial charge in [0.25, 0.3) is 0 Å². The molecule has 2 atom stereocenters. The fourth-order valence-electron chi connectivity index (χ4n) is 4.38. The average molecular weight is 469 g/mol. The predicted molar refractivity (Wildman–Crippen MR) is 123 cm³/mol. The molecule has 0 aromatic heterocycles. The number of fused-ring (bicyclic) bond motifs is 1. The van der Waals surface area contributed by atoms with Crippen molar-refractivity contribution in [3.8, 4) is 0 Å². The molecule has 4 rings (SSSR count). The molecule has 1 aliphatic heterocycles. The van der Waals surface area contributed by atoms with Crippen LogP contribution in [0.2, 0.25) is 0 Å². The fraction of sp³-hybridized carbons (Fsp3) is 0.423. The summed E-state index contributed by atoms with van der Waals surface area (Å²) in [6, 6.07) is 11.0. The van der Waals surface area contributed by atoms with Crippen molar-refractivity contribution in [3.63, 3.8) is 0 Å². The molecule has 180 valence electrons. The maximum Gasteiger partial charge on any atom is 0.411 e. The molecule has 1 aliphatic carbocycles. The smallest absolute Gasteiger partial charge is 0.411 e. The highest BCUT2D eigenvalue weighted by atomic mass is 19.1. The molecule has 2 amide bonds. The SMILES string of the molecule is CC(C)(C)OC(=O)N(CC(=O)N1CCc2ccc(C(=O)O)cc2C1)C1CC1c1ccc(F)cc1. The largest absolute Gasteiger partial charge is 0.478 e. The van der Waals surface area contributed by atoms with Gasteiger partial charge >= 0.3 is 12.1 Å². The minimum atomic E-state index is -1.01. The Labute approximate surface area is 198 Å². The van der Waals surface area contributed by atoms with Crippen molar-refractivity contribution in [1.82, 2.24) is 9.80 Å². The summed E-state index contributed by atoms with van der Waals surface area (Å²) < 4.78 is 18.9. The van der Waals surface area contributed by atoms with Crippen LogP contribution in [-0.2, 0) is 22.5 Å². The van der Waals surface area contributed by atoms with Gasteiger partial charge in [-0.05, 0) is 74.6 Å². The second kappa shape index (κ2) is 9.08. The maximum atomic E-state index is 13.3. The molecule has 7 nitrogen and oxygen atoms in total. The number of carboxylic acid groups (broad SMARTS) is 1. The van der Waals surface area contributed by atoms with Gasteiger partial charge in [0.1, 0.15) is 18.0 Å². The molecule has 1 fully saturated rings. The highest BCUT2D eigenvalue weighted by Gasteiger charge is 2.47. The first-order chi connectivity index (χ1) is 16.0. The van der Waals surface area contributed by atoms with Crippen LogP contribution >= 0.6 is 0 Å². The molecule has 2 aromatic rings. The van der Waals surface area contributed by atoms with Crippen molar-refractivity contribution in [2.24, 2.45) is 0 Å². The number of halogens is 1. The van der Waals surface area contributed by atoms with Crippen molar-refractivity contribution in [3.05, 3.63) is 70.5 Å². The Bertz CT molecular complexity index is 1110. The predicted octanol–water partition coefficient (Wildman–Crippen LogP) is 4.20. The third kappa shape index (κ3) is 5.38. The minimum absolute atomic E-state index is 0.0149. The van der Waals surface area contributed by atoms with Crippen molar-refractivity contribution < 1.29 is 28.6 Å². The fourth-order valence-corrected chi connectivity index (χ4v) is 4.38. The normalized spacial score (nSPS) is 19.2. The van der Waals surface area contributed by atoms with Gasteiger partial charge < -0.3 is 14.7 Å². The van der Waals surface area contributed by atoms with Gasteiger partial charge in [-0.2, -0.15) is 0 Å². The Morgan fingerprint density at radius 1 is 1.12 bits per heavy atom. The van der Waals surface area contributed by atoms with Gasteiger partial charge in [-0.15, -0.1) is 0 Å². The number of carboxylic acids is 1. The van der Waals surface area contributed by atoms with E-state index in [1.807, 2.05) is 0 Å². The molecular formula is C26H29FN2O5. The van der Waals surface area contributed by atoms with Crippen molar-refractivity contribution in [2.45, 2.75) is 57.7 Å². The molecule has 0 radical (unpaired) electrons. The summed E-state index contributed by atoms with van der Waals surface area (Å²) >= 11 is 0. The zero-order valence-electron chi connectivity index (χ0n) is 19.6. The number of aromatic carboxylic acids is 1. The first-order valence-corrected chi connectivity index (χ1v) is 11.4. The summed E-state index contributed by atoms with van der Waals surface area (Å²) in [4.78, 5) is 40.7. The van der Waals surface area contributed by atoms with E-state index in [-0.39, 0.29) is 35.8 Å². The van der Waals surface area contributed by atoms with Crippen LogP contribution in [0.25, 0.3) is 0 Å². The van der Waals surface area contributed by atoms with E-state index in [1.165, 1.54) is 17.0 Å². The highest BCUT2D eigenvalue weighted by Crippen LogP contribution is 2.45. The van der Waals surface area contributed by atoms with Crippen LogP contribution in [0.15, 0.2) is 42.5 Å². The van der Waals surface area contributed by atoms with E-state index in [4.69, 9.17) is 4.74 Å². The van der Waals surface area contributed by atoms with Gasteiger partial charge in [0.05, 0.1) is 5.56 Å². The van der Waals surface area contributed by atoms with E-state index in [9.17, 15) is 23.9 Å². The van der Waals surface area contributed by atoms with E-state index in [0.29, 0.717) is 25.9 Å². The lowest BCUT2D eigenvalue weighted by Crippen LogP contribution is -2.47. The third-order valence-corrected chi connectivity index (χ3v) is 6.21. The molecule has 1 N–H and O–H groups in total. The standard InChI is InChI=1S/C26H29FN2O5/c1-26(2,3)34-25(33)29(22-13-21(22)17-6-8-20(27)9-7-17)15-23(30)28-11-10-16-4-5-18(24(31)32)12-19(16)14-28/h4-9,12,21-22H,10-11,13-15H2,1-3H3,(H,31,32). The van der Waals surface area contributed by atoms with Crippen LogP contribution in [0, 0.1) is 5.82 Å². The summed E-state index contributed by atoms with van der Waals surface area (Å²) in [7, 11) is 0. The van der Waals surface area contributed by atoms with Gasteiger partial charge in [-0.1, -0.05) is 18.2 Å². The Balaban J connectivity index is 1.49. The number of ether oxygens (including phenoxy) is 1. The number of carbonyl (C=O) groups excluding carboxylic acids is 2. The van der Waals surface area contributed by atoms with Crippen LogP contribution in [-0.4, -0.2) is 57.6 Å². The lowest BCUT2D eigenvalue weighted by molar-refractivity contribution is -0.133. The Hall–Kier alpha value is -3.42. The van der Waals surface area contributed by atoms with Crippen LogP contribution < -0.4 is 0 Å². The molecule has 1 saturated carbocycles. The first-order valence-electron chi connectivity index (χ1n) is 11.4. The quantitative estimate of drug-likeness (QED) is 0.711. The van der Waals surface area contributed by atoms with Crippen LogP contribution in [0.3, 0.4) is 0 Å². The Morgan fingerprint density at radius 3 is 2.47 bits per heavy atom. The van der Waals surface area contributed by atoms with Gasteiger partial charge in [0, 0.05) is 25.0 Å². The summed E-state index contributed by atoms with van der Waals surface area (Å²) in [5.41, 5.74) is 2.22. The lowest BCUT2D eigenvalue weighted by atomic mass is 9.97. The number of benzene rings is 2. The van der Waals surface area contributed by atoms with Gasteiger partial charge in [-0.25, -0.2) is 14.0 Å². The molecule has 2 aliphatic rings. The summed E-state index contributed by atoms with van der Waals surface area (Å²) in [6.45, 7) is 5.98. The number of rotatable bonds is 5. The van der Waals surface area contributed by atoms with E-state index in [1.54, 1.807) is 56.0 Å². The van der Waals surface area contributed by atoms with Gasteiger partial charge in [-0.3, -0.25) is 9.69 Å². The first kappa shape index (κ1) is 23.7. The molecule has 0 saturated heterocycles. The summed E-state index contributed by atoms with van der Waals surface area (Å²) in [5.74, 6) is -1.54. The van der Waals surface area contributed by atoms with Crippen LogP contribution in [0.4, 0.5) is 9.18 Å². The molecule has 8 heteroatoms. The molecule has 0 bridgehead atoms. The zero-order valence-corrected chi connectivity index (χ0v) is 19.6. The van der Waals surface area contributed by atoms with Crippen molar-refractivity contribution >= 4 is 18.0 Å². The molecule has 0 spiro atoms. The molecule has 34 heavy (non-hydrogen) atoms. The average Bonchev–Trinajstić information content (AvgIpc) is 3.56. The number of hydrogen-bond donors (Lipinski definition) is 1. The third-order valence-electron chi connectivity index (χ3n) is 6.21. The van der Waals surface area contributed by atoms with E-state index >= 15 is 0 Å². The summed E-state index contributed by atoms with van der Waals surface area (Å²) in [5, 5.41) is 9.28. The van der Waals surface area contributed by atoms with Gasteiger partial charge in [0.15, 0.2) is 0 Å². The second-order valence-electron chi connectivity index (χ2n) is 9.92. The maximum absolute atomic E-state index is 13.3. The monoisotopic (exact) mass is 468 g/mol. The molecule has 1 heterocycles. The minimum Gasteiger partial charge on any atom is -0.478 e. The second-order valence-corrected chi connectivity index (χ2v) is 9.92. The Morgan fingerprint density at radius 2 is 1.82 bits per heavy atom. The van der Waals surface area contributed by atoms with Crippen molar-refractivity contribution in [2.75, 3.05) is 13.1 Å². The number of nitrogens with zero attached hydrogens (tertiary/aromatic N) is 2. The molecular weight excluding hydrogens is 439 g/mol. The van der Waals surface area contributed by atoms with Crippen LogP contribution in [0.5, 0.6) is 0 Å². The molecule has 2 aromatic carbocycles. The van der Waals surface area contributed by atoms with Gasteiger partial charge in [0.2, 0.25) is 5.91 Å². The molecule has 2 unspecified atom stereocenters.